The molecule has 0 atom stereocenters. The third-order valence-corrected chi connectivity index (χ3v) is 4.98. The molecule has 25 heavy (non-hydrogen) atoms. The molecule has 0 fully saturated rings. The lowest BCUT2D eigenvalue weighted by Gasteiger charge is -2.12. The normalized spacial score (nSPS) is 14.2. The Kier molecular flexibility index (Phi) is 3.78. The quantitative estimate of drug-likeness (QED) is 0.664. The maximum atomic E-state index is 12.4. The van der Waals surface area contributed by atoms with E-state index in [-0.39, 0.29) is 11.2 Å². The lowest BCUT2D eigenvalue weighted by atomic mass is 10.0. The maximum absolute atomic E-state index is 12.4. The number of fused-ring (bicyclic) bond motifs is 2. The van der Waals surface area contributed by atoms with Crippen LogP contribution >= 0.6 is 0 Å². The van der Waals surface area contributed by atoms with Crippen LogP contribution in [0.5, 0.6) is 0 Å². The summed E-state index contributed by atoms with van der Waals surface area (Å²) in [4.78, 5) is 28.6. The molecule has 3 aromatic heterocycles. The van der Waals surface area contributed by atoms with Crippen molar-refractivity contribution in [2.45, 2.75) is 45.2 Å². The van der Waals surface area contributed by atoms with Crippen LogP contribution in [0.1, 0.15) is 30.7 Å². The largest absolute Gasteiger partial charge is 0.332 e. The van der Waals surface area contributed by atoms with E-state index >= 15 is 0 Å². The lowest BCUT2D eigenvalue weighted by Crippen LogP contribution is -2.37. The van der Waals surface area contributed by atoms with E-state index in [1.165, 1.54) is 30.2 Å². The highest BCUT2D eigenvalue weighted by Crippen LogP contribution is 2.18. The average molecular weight is 343 g/mol. The van der Waals surface area contributed by atoms with Gasteiger partial charge in [0.1, 0.15) is 0 Å². The molecule has 4 rings (SSSR count). The molecule has 0 saturated heterocycles. The monoisotopic (exact) mass is 343 g/mol. The lowest BCUT2D eigenvalue weighted by molar-refractivity contribution is 0.497. The molecular formula is C16H21N7O2. The molecule has 0 radical (unpaired) electrons. The first-order valence-corrected chi connectivity index (χ1v) is 8.60. The molecule has 0 aromatic carbocycles. The molecule has 9 nitrogen and oxygen atoms in total. The van der Waals surface area contributed by atoms with Gasteiger partial charge < -0.3 is 4.57 Å². The van der Waals surface area contributed by atoms with Crippen molar-refractivity contribution >= 4 is 11.2 Å². The summed E-state index contributed by atoms with van der Waals surface area (Å²) < 4.78 is 6.33. The predicted molar refractivity (Wildman–Crippen MR) is 91.5 cm³/mol. The summed E-state index contributed by atoms with van der Waals surface area (Å²) >= 11 is 0. The first-order valence-electron chi connectivity index (χ1n) is 8.60. The van der Waals surface area contributed by atoms with Crippen molar-refractivity contribution in [3.05, 3.63) is 38.6 Å². The van der Waals surface area contributed by atoms with Crippen LogP contribution in [-0.2, 0) is 40.0 Å². The van der Waals surface area contributed by atoms with Crippen LogP contribution in [0.25, 0.3) is 11.2 Å². The van der Waals surface area contributed by atoms with E-state index in [0.717, 1.165) is 36.1 Å². The number of aromatic nitrogens is 7. The second-order valence-electron chi connectivity index (χ2n) is 6.58. The van der Waals surface area contributed by atoms with Crippen molar-refractivity contribution in [3.8, 4) is 0 Å². The summed E-state index contributed by atoms with van der Waals surface area (Å²) in [6.45, 7) is 1.40. The first kappa shape index (κ1) is 15.8. The van der Waals surface area contributed by atoms with Gasteiger partial charge in [-0.15, -0.1) is 5.10 Å². The molecule has 0 bridgehead atoms. The average Bonchev–Trinajstić information content (AvgIpc) is 3.23. The fourth-order valence-corrected chi connectivity index (χ4v) is 3.56. The van der Waals surface area contributed by atoms with Crippen molar-refractivity contribution in [2.24, 2.45) is 14.1 Å². The highest BCUT2D eigenvalue weighted by atomic mass is 16.2. The van der Waals surface area contributed by atoms with Gasteiger partial charge in [0.2, 0.25) is 0 Å². The van der Waals surface area contributed by atoms with Crippen LogP contribution < -0.4 is 11.2 Å². The number of aryl methyl sites for hydroxylation is 4. The number of hydrogen-bond donors (Lipinski definition) is 0. The van der Waals surface area contributed by atoms with E-state index in [1.807, 2.05) is 9.25 Å². The first-order chi connectivity index (χ1) is 12.1. The number of imidazole rings is 1. The molecule has 0 amide bonds. The molecule has 0 N–H and O–H groups in total. The second-order valence-corrected chi connectivity index (χ2v) is 6.58. The third kappa shape index (κ3) is 2.50. The zero-order valence-electron chi connectivity index (χ0n) is 14.5. The zero-order chi connectivity index (χ0) is 17.6. The van der Waals surface area contributed by atoms with Crippen molar-refractivity contribution in [3.63, 3.8) is 0 Å². The topological polar surface area (TPSA) is 92.5 Å². The Labute approximate surface area is 143 Å². The molecule has 0 aliphatic heterocycles. The summed E-state index contributed by atoms with van der Waals surface area (Å²) in [5, 5.41) is 8.54. The number of nitrogens with zero attached hydrogens (tertiary/aromatic N) is 7. The fourth-order valence-electron chi connectivity index (χ4n) is 3.56. The Hall–Kier alpha value is -2.71. The molecular weight excluding hydrogens is 322 g/mol. The van der Waals surface area contributed by atoms with Crippen molar-refractivity contribution in [2.75, 3.05) is 0 Å². The third-order valence-electron chi connectivity index (χ3n) is 4.98. The molecule has 0 saturated carbocycles. The van der Waals surface area contributed by atoms with E-state index in [2.05, 4.69) is 15.3 Å². The summed E-state index contributed by atoms with van der Waals surface area (Å²) in [5.74, 6) is 0. The van der Waals surface area contributed by atoms with Gasteiger partial charge in [-0.05, 0) is 32.1 Å². The van der Waals surface area contributed by atoms with Crippen molar-refractivity contribution in [1.29, 1.82) is 0 Å². The van der Waals surface area contributed by atoms with Gasteiger partial charge in [-0.1, -0.05) is 5.21 Å². The standard InChI is InChI=1S/C16H21N7O2/c1-20-14-13(15(24)21(2)16(20)25)22(10-17-14)8-5-9-23-12-7-4-3-6-11(12)18-19-23/h10H,3-9H2,1-2H3. The summed E-state index contributed by atoms with van der Waals surface area (Å²) in [6, 6.07) is 0. The molecule has 132 valence electrons. The molecule has 1 aliphatic rings. The molecule has 3 aromatic rings. The van der Waals surface area contributed by atoms with Crippen molar-refractivity contribution < 1.29 is 0 Å². The predicted octanol–water partition coefficient (Wildman–Crippen LogP) is -0.00570. The van der Waals surface area contributed by atoms with Gasteiger partial charge in [-0.25, -0.2) is 14.5 Å². The molecule has 0 spiro atoms. The van der Waals surface area contributed by atoms with E-state index in [0.29, 0.717) is 17.7 Å². The van der Waals surface area contributed by atoms with E-state index < -0.39 is 0 Å². The molecule has 0 unspecified atom stereocenters. The molecule has 1 aliphatic carbocycles. The van der Waals surface area contributed by atoms with E-state index in [4.69, 9.17) is 0 Å². The van der Waals surface area contributed by atoms with Gasteiger partial charge in [0, 0.05) is 27.2 Å². The van der Waals surface area contributed by atoms with Crippen LogP contribution in [0.4, 0.5) is 0 Å². The van der Waals surface area contributed by atoms with Crippen LogP contribution in [0.2, 0.25) is 0 Å². The Morgan fingerprint density at radius 1 is 1.08 bits per heavy atom. The van der Waals surface area contributed by atoms with Gasteiger partial charge in [-0.2, -0.15) is 0 Å². The Balaban J connectivity index is 1.57. The minimum absolute atomic E-state index is 0.311. The summed E-state index contributed by atoms with van der Waals surface area (Å²) in [5.41, 5.74) is 2.59. The SMILES string of the molecule is Cn1c(=O)c2c(ncn2CCCn2nnc3c2CCCC3)n(C)c1=O. The van der Waals surface area contributed by atoms with E-state index in [1.54, 1.807) is 13.4 Å². The highest BCUT2D eigenvalue weighted by molar-refractivity contribution is 5.69. The van der Waals surface area contributed by atoms with E-state index in [9.17, 15) is 9.59 Å². The fraction of sp³-hybridized carbons (Fsp3) is 0.562. The maximum Gasteiger partial charge on any atom is 0.332 e. The van der Waals surface area contributed by atoms with Gasteiger partial charge in [0.05, 0.1) is 17.7 Å². The second kappa shape index (κ2) is 5.98. The number of hydrogen-bond acceptors (Lipinski definition) is 5. The summed E-state index contributed by atoms with van der Waals surface area (Å²) in [6.07, 6.45) is 6.88. The van der Waals surface area contributed by atoms with Crippen molar-refractivity contribution in [1.82, 2.24) is 33.7 Å². The summed E-state index contributed by atoms with van der Waals surface area (Å²) in [7, 11) is 3.12. The van der Waals surface area contributed by atoms with Crippen LogP contribution in [0.15, 0.2) is 15.9 Å². The van der Waals surface area contributed by atoms with Gasteiger partial charge in [0.25, 0.3) is 5.56 Å². The van der Waals surface area contributed by atoms with Gasteiger partial charge in [0.15, 0.2) is 11.2 Å². The van der Waals surface area contributed by atoms with Crippen LogP contribution in [-0.4, -0.2) is 33.7 Å². The smallest absolute Gasteiger partial charge is 0.325 e. The van der Waals surface area contributed by atoms with Crippen LogP contribution in [0.3, 0.4) is 0 Å². The van der Waals surface area contributed by atoms with Gasteiger partial charge in [-0.3, -0.25) is 13.9 Å². The Morgan fingerprint density at radius 3 is 2.72 bits per heavy atom. The highest BCUT2D eigenvalue weighted by Gasteiger charge is 2.17. The van der Waals surface area contributed by atoms with Gasteiger partial charge >= 0.3 is 5.69 Å². The Morgan fingerprint density at radius 2 is 1.88 bits per heavy atom. The molecule has 9 heteroatoms. The van der Waals surface area contributed by atoms with Crippen LogP contribution in [0, 0.1) is 0 Å². The minimum atomic E-state index is -0.364. The minimum Gasteiger partial charge on any atom is -0.325 e. The zero-order valence-corrected chi connectivity index (χ0v) is 14.5. The molecule has 3 heterocycles. The number of rotatable bonds is 4. The Bertz CT molecular complexity index is 1050.